The van der Waals surface area contributed by atoms with Gasteiger partial charge < -0.3 is 21.1 Å². The number of anilines is 2. The molecule has 9 nitrogen and oxygen atoms in total. The van der Waals surface area contributed by atoms with Crippen LogP contribution in [-0.4, -0.2) is 30.5 Å². The van der Waals surface area contributed by atoms with Crippen molar-refractivity contribution in [2.24, 2.45) is 10.2 Å². The molecule has 1 aromatic carbocycles. The van der Waals surface area contributed by atoms with Crippen LogP contribution in [0.25, 0.3) is 0 Å². The van der Waals surface area contributed by atoms with Crippen LogP contribution in [-0.2, 0) is 9.59 Å². The number of esters is 1. The topological polar surface area (TPSA) is 131 Å². The van der Waals surface area contributed by atoms with Gasteiger partial charge in [0.2, 0.25) is 5.91 Å². The van der Waals surface area contributed by atoms with E-state index in [0.717, 1.165) is 0 Å². The van der Waals surface area contributed by atoms with Crippen LogP contribution in [0, 0.1) is 0 Å². The van der Waals surface area contributed by atoms with Crippen molar-refractivity contribution in [3.8, 4) is 5.75 Å². The van der Waals surface area contributed by atoms with E-state index in [-0.39, 0.29) is 30.7 Å². The molecule has 1 aromatic heterocycles. The second-order valence-corrected chi connectivity index (χ2v) is 5.17. The lowest BCUT2D eigenvalue weighted by molar-refractivity contribution is -0.134. The maximum atomic E-state index is 11.5. The molecule has 4 N–H and O–H groups in total. The first-order valence-electron chi connectivity index (χ1n) is 7.96. The molecule has 0 spiro atoms. The van der Waals surface area contributed by atoms with Gasteiger partial charge in [0.15, 0.2) is 11.6 Å². The lowest BCUT2D eigenvalue weighted by Gasteiger charge is -2.06. The Bertz CT molecular complexity index is 822. The van der Waals surface area contributed by atoms with Gasteiger partial charge in [0.1, 0.15) is 17.2 Å². The number of carbonyl (C=O) groups excluding carboxylic acids is 2. The van der Waals surface area contributed by atoms with Crippen molar-refractivity contribution in [3.63, 3.8) is 0 Å². The van der Waals surface area contributed by atoms with E-state index in [1.54, 1.807) is 50.4 Å². The highest BCUT2D eigenvalue weighted by molar-refractivity contribution is 5.91. The second-order valence-electron chi connectivity index (χ2n) is 5.17. The Hall–Kier alpha value is -3.33. The summed E-state index contributed by atoms with van der Waals surface area (Å²) in [6.45, 7) is 1.87. The molecular formula is C17H20N6O3. The van der Waals surface area contributed by atoms with Crippen LogP contribution >= 0.6 is 0 Å². The van der Waals surface area contributed by atoms with Crippen LogP contribution < -0.4 is 21.1 Å². The molecule has 0 saturated carbocycles. The zero-order valence-electron chi connectivity index (χ0n) is 14.5. The normalized spacial score (nSPS) is 10.7. The van der Waals surface area contributed by atoms with Gasteiger partial charge in [0, 0.05) is 6.42 Å². The van der Waals surface area contributed by atoms with Crippen LogP contribution in [0.15, 0.2) is 46.6 Å². The number of amides is 1. The Morgan fingerprint density at radius 3 is 2.58 bits per heavy atom. The number of nitrogens with two attached hydrogens (primary N) is 1. The Balaban J connectivity index is 2.16. The fourth-order valence-electron chi connectivity index (χ4n) is 1.90. The third-order valence-corrected chi connectivity index (χ3v) is 3.15. The van der Waals surface area contributed by atoms with Gasteiger partial charge in [-0.15, -0.1) is 10.2 Å². The van der Waals surface area contributed by atoms with Gasteiger partial charge >= 0.3 is 5.97 Å². The Morgan fingerprint density at radius 1 is 1.15 bits per heavy atom. The number of rotatable bonds is 7. The maximum absolute atomic E-state index is 11.5. The van der Waals surface area contributed by atoms with Crippen LogP contribution in [0.3, 0.4) is 0 Å². The average Bonchev–Trinajstić information content (AvgIpc) is 2.62. The van der Waals surface area contributed by atoms with Gasteiger partial charge in [-0.2, -0.15) is 0 Å². The number of carbonyl (C=O) groups is 2. The van der Waals surface area contributed by atoms with Gasteiger partial charge in [-0.05, 0) is 31.3 Å². The van der Waals surface area contributed by atoms with Crippen molar-refractivity contribution in [2.45, 2.75) is 13.3 Å². The van der Waals surface area contributed by atoms with Gasteiger partial charge in [-0.3, -0.25) is 9.59 Å². The van der Waals surface area contributed by atoms with Gasteiger partial charge in [-0.1, -0.05) is 19.1 Å². The molecule has 0 fully saturated rings. The Kier molecular flexibility index (Phi) is 6.75. The summed E-state index contributed by atoms with van der Waals surface area (Å²) in [5.74, 6) is 0.138. The van der Waals surface area contributed by atoms with E-state index in [1.807, 2.05) is 0 Å². The number of pyridine rings is 1. The average molecular weight is 356 g/mol. The van der Waals surface area contributed by atoms with Crippen LogP contribution in [0.5, 0.6) is 5.75 Å². The van der Waals surface area contributed by atoms with Crippen LogP contribution in [0.2, 0.25) is 0 Å². The van der Waals surface area contributed by atoms with E-state index in [4.69, 9.17) is 10.5 Å². The van der Waals surface area contributed by atoms with Crippen molar-refractivity contribution in [3.05, 3.63) is 36.4 Å². The summed E-state index contributed by atoms with van der Waals surface area (Å²) in [7, 11) is 1.67. The number of ether oxygens (including phenoxy) is 1. The molecular weight excluding hydrogens is 336 g/mol. The monoisotopic (exact) mass is 356 g/mol. The molecule has 0 saturated heterocycles. The number of hydrogen-bond donors (Lipinski definition) is 3. The van der Waals surface area contributed by atoms with Crippen LogP contribution in [0.1, 0.15) is 13.3 Å². The molecule has 26 heavy (non-hydrogen) atoms. The largest absolute Gasteiger partial charge is 0.424 e. The quantitative estimate of drug-likeness (QED) is 0.397. The minimum atomic E-state index is -0.365. The maximum Gasteiger partial charge on any atom is 0.310 e. The molecule has 2 rings (SSSR count). The number of nitrogen functional groups attached to an aromatic ring is 1. The SMILES string of the molecule is CCC(=O)Oc1ccccc1/N=N/c1ccc(NC(=O)CNC)nc1N. The summed E-state index contributed by atoms with van der Waals surface area (Å²) >= 11 is 0. The zero-order chi connectivity index (χ0) is 18.9. The summed E-state index contributed by atoms with van der Waals surface area (Å²) in [5, 5.41) is 13.5. The number of azo groups is 1. The minimum Gasteiger partial charge on any atom is -0.424 e. The molecule has 0 radical (unpaired) electrons. The van der Waals surface area contributed by atoms with E-state index in [1.165, 1.54) is 0 Å². The number of nitrogens with zero attached hydrogens (tertiary/aromatic N) is 3. The molecule has 9 heteroatoms. The predicted octanol–water partition coefficient (Wildman–Crippen LogP) is 2.55. The van der Waals surface area contributed by atoms with Crippen LogP contribution in [0.4, 0.5) is 23.0 Å². The zero-order valence-corrected chi connectivity index (χ0v) is 14.5. The van der Waals surface area contributed by atoms with E-state index in [9.17, 15) is 9.59 Å². The summed E-state index contributed by atoms with van der Waals surface area (Å²) in [6, 6.07) is 9.93. The number of likely N-dealkylation sites (N-methyl/N-ethyl adjacent to an activating group) is 1. The second kappa shape index (κ2) is 9.23. The number of hydrogen-bond acceptors (Lipinski definition) is 8. The van der Waals surface area contributed by atoms with Gasteiger partial charge in [0.25, 0.3) is 0 Å². The summed E-state index contributed by atoms with van der Waals surface area (Å²) in [5.41, 5.74) is 6.57. The predicted molar refractivity (Wildman–Crippen MR) is 97.7 cm³/mol. The number of benzene rings is 1. The summed E-state index contributed by atoms with van der Waals surface area (Å²) < 4.78 is 5.21. The minimum absolute atomic E-state index is 0.110. The van der Waals surface area contributed by atoms with Crippen molar-refractivity contribution in [2.75, 3.05) is 24.6 Å². The Morgan fingerprint density at radius 2 is 1.88 bits per heavy atom. The lowest BCUT2D eigenvalue weighted by atomic mass is 10.3. The highest BCUT2D eigenvalue weighted by Gasteiger charge is 2.08. The highest BCUT2D eigenvalue weighted by Crippen LogP contribution is 2.30. The molecule has 0 aliphatic heterocycles. The van der Waals surface area contributed by atoms with E-state index >= 15 is 0 Å². The Labute approximate surface area is 150 Å². The molecule has 0 unspecified atom stereocenters. The van der Waals surface area contributed by atoms with Gasteiger partial charge in [0.05, 0.1) is 6.54 Å². The number of aromatic nitrogens is 1. The van der Waals surface area contributed by atoms with Gasteiger partial charge in [-0.25, -0.2) is 4.98 Å². The number of para-hydroxylation sites is 1. The highest BCUT2D eigenvalue weighted by atomic mass is 16.5. The van der Waals surface area contributed by atoms with Crippen molar-refractivity contribution < 1.29 is 14.3 Å². The smallest absolute Gasteiger partial charge is 0.310 e. The fourth-order valence-corrected chi connectivity index (χ4v) is 1.90. The van der Waals surface area contributed by atoms with E-state index in [2.05, 4.69) is 25.8 Å². The third kappa shape index (κ3) is 5.35. The molecule has 1 amide bonds. The first-order chi connectivity index (χ1) is 12.5. The van der Waals surface area contributed by atoms with E-state index in [0.29, 0.717) is 22.9 Å². The molecule has 2 aromatic rings. The summed E-state index contributed by atoms with van der Waals surface area (Å²) in [4.78, 5) is 27.1. The summed E-state index contributed by atoms with van der Waals surface area (Å²) in [6.07, 6.45) is 0.253. The van der Waals surface area contributed by atoms with E-state index < -0.39 is 0 Å². The lowest BCUT2D eigenvalue weighted by Crippen LogP contribution is -2.25. The molecule has 0 aliphatic carbocycles. The molecule has 0 aliphatic rings. The standard InChI is InChI=1S/C17H20N6O3/c1-3-16(25)26-13-7-5-4-6-11(13)22-23-12-8-9-14(21-17(12)18)20-15(24)10-19-2/h4-9,19H,3,10H2,1-2H3,(H3,18,20,21,24)/b23-22+. The molecule has 0 atom stereocenters. The molecule has 136 valence electrons. The number of nitrogens with one attached hydrogen (secondary N) is 2. The molecule has 1 heterocycles. The first-order valence-corrected chi connectivity index (χ1v) is 7.96. The van der Waals surface area contributed by atoms with Crippen molar-refractivity contribution in [1.82, 2.24) is 10.3 Å². The van der Waals surface area contributed by atoms with Crippen molar-refractivity contribution >= 4 is 34.9 Å². The molecule has 0 bridgehead atoms. The third-order valence-electron chi connectivity index (χ3n) is 3.15. The first kappa shape index (κ1) is 19.0. The fraction of sp³-hybridized carbons (Fsp3) is 0.235. The van der Waals surface area contributed by atoms with Crippen molar-refractivity contribution in [1.29, 1.82) is 0 Å².